The number of nitrogens with zero attached hydrogens (tertiary/aromatic N) is 4. The summed E-state index contributed by atoms with van der Waals surface area (Å²) >= 11 is 0. The van der Waals surface area contributed by atoms with Gasteiger partial charge in [0.1, 0.15) is 24.1 Å². The van der Waals surface area contributed by atoms with Gasteiger partial charge >= 0.3 is 0 Å². The molecule has 11 nitrogen and oxygen atoms in total. The maximum atomic E-state index is 12.5. The van der Waals surface area contributed by atoms with Gasteiger partial charge in [0.05, 0.1) is 12.9 Å². The molecular formula is C17H20N6O5. The third-order valence-corrected chi connectivity index (χ3v) is 4.82. The van der Waals surface area contributed by atoms with Gasteiger partial charge in [-0.25, -0.2) is 4.99 Å². The normalized spacial score (nSPS) is 34.0. The monoisotopic (exact) mass is 388 g/mol. The Hall–Kier alpha value is -2.86. The quantitative estimate of drug-likeness (QED) is 0.386. The molecule has 28 heavy (non-hydrogen) atoms. The summed E-state index contributed by atoms with van der Waals surface area (Å²) in [6.07, 6.45) is -3.75. The zero-order valence-corrected chi connectivity index (χ0v) is 14.7. The highest BCUT2D eigenvalue weighted by atomic mass is 16.6. The highest BCUT2D eigenvalue weighted by Gasteiger charge is 2.50. The number of ether oxygens (including phenoxy) is 1. The molecule has 0 aromatic heterocycles. The molecule has 0 spiro atoms. The number of amidine groups is 1. The molecule has 148 valence electrons. The minimum atomic E-state index is -1.28. The summed E-state index contributed by atoms with van der Waals surface area (Å²) in [6.45, 7) is -0.445. The number of amides is 1. The molecule has 6 atom stereocenters. The average molecular weight is 388 g/mol. The Labute approximate surface area is 159 Å². The van der Waals surface area contributed by atoms with Crippen LogP contribution in [0.15, 0.2) is 45.3 Å². The molecule has 1 aromatic carbocycles. The van der Waals surface area contributed by atoms with Crippen molar-refractivity contribution < 1.29 is 24.9 Å². The van der Waals surface area contributed by atoms with Gasteiger partial charge in [0, 0.05) is 5.56 Å². The molecule has 1 saturated heterocycles. The lowest BCUT2D eigenvalue weighted by Gasteiger charge is -2.32. The lowest BCUT2D eigenvalue weighted by Crippen LogP contribution is -2.54. The first-order valence-corrected chi connectivity index (χ1v) is 8.71. The number of hydrogen-bond donors (Lipinski definition) is 5. The topological polar surface area (TPSA) is 165 Å². The van der Waals surface area contributed by atoms with Gasteiger partial charge in [-0.05, 0) is 12.1 Å². The Kier molecular flexibility index (Phi) is 4.81. The number of rotatable bonds is 3. The van der Waals surface area contributed by atoms with Crippen LogP contribution in [0.2, 0.25) is 0 Å². The minimum absolute atomic E-state index is 0.0631. The summed E-state index contributed by atoms with van der Waals surface area (Å²) in [4.78, 5) is 26.6. The van der Waals surface area contributed by atoms with Crippen molar-refractivity contribution in [3.05, 3.63) is 35.9 Å². The van der Waals surface area contributed by atoms with E-state index in [1.165, 1.54) is 11.2 Å². The van der Waals surface area contributed by atoms with Crippen molar-refractivity contribution in [3.63, 3.8) is 0 Å². The number of nitrogens with one attached hydrogen (secondary N) is 1. The summed E-state index contributed by atoms with van der Waals surface area (Å²) in [6, 6.07) is 7.95. The fourth-order valence-corrected chi connectivity index (χ4v) is 3.38. The van der Waals surface area contributed by atoms with Crippen LogP contribution in [0, 0.1) is 0 Å². The van der Waals surface area contributed by atoms with E-state index < -0.39 is 43.4 Å². The molecule has 1 amide bonds. The predicted molar refractivity (Wildman–Crippen MR) is 98.6 cm³/mol. The minimum Gasteiger partial charge on any atom is -0.394 e. The Bertz CT molecular complexity index is 844. The average Bonchev–Trinajstić information content (AvgIpc) is 3.23. The number of carbonyl (C=O) groups excluding carboxylic acids is 1. The fourth-order valence-electron chi connectivity index (χ4n) is 3.38. The van der Waals surface area contributed by atoms with E-state index in [1.54, 1.807) is 30.3 Å². The number of fused-ring (bicyclic) bond motifs is 1. The SMILES string of the molecule is NC1=NC2C(N=CN2[C@@H]2O[C@H](CO)C(O)[C@@H]2O)C(NC(=O)c2ccccc2)=N1. The van der Waals surface area contributed by atoms with Crippen molar-refractivity contribution in [2.24, 2.45) is 20.7 Å². The van der Waals surface area contributed by atoms with Gasteiger partial charge in [-0.1, -0.05) is 18.2 Å². The van der Waals surface area contributed by atoms with E-state index in [-0.39, 0.29) is 17.7 Å². The molecule has 3 heterocycles. The highest BCUT2D eigenvalue weighted by Crippen LogP contribution is 2.29. The first kappa shape index (κ1) is 18.5. The molecule has 3 unspecified atom stereocenters. The number of benzene rings is 1. The van der Waals surface area contributed by atoms with E-state index in [9.17, 15) is 20.1 Å². The molecule has 1 aromatic rings. The smallest absolute Gasteiger partial charge is 0.256 e. The molecule has 3 aliphatic rings. The summed E-state index contributed by atoms with van der Waals surface area (Å²) in [5.74, 6) is -0.210. The van der Waals surface area contributed by atoms with Crippen molar-refractivity contribution in [1.82, 2.24) is 10.2 Å². The Balaban J connectivity index is 1.53. The number of carbonyl (C=O) groups is 1. The van der Waals surface area contributed by atoms with Gasteiger partial charge in [-0.15, -0.1) is 0 Å². The molecule has 3 aliphatic heterocycles. The number of aliphatic imine (C=N–C) groups is 3. The Morgan fingerprint density at radius 3 is 2.68 bits per heavy atom. The molecule has 0 saturated carbocycles. The van der Waals surface area contributed by atoms with Gasteiger partial charge in [0.25, 0.3) is 5.91 Å². The number of aliphatic hydroxyl groups excluding tert-OH is 3. The van der Waals surface area contributed by atoms with Crippen LogP contribution in [0.3, 0.4) is 0 Å². The third-order valence-electron chi connectivity index (χ3n) is 4.82. The van der Waals surface area contributed by atoms with Crippen molar-refractivity contribution in [3.8, 4) is 0 Å². The van der Waals surface area contributed by atoms with Crippen LogP contribution >= 0.6 is 0 Å². The number of aliphatic hydroxyl groups is 3. The first-order chi connectivity index (χ1) is 13.5. The van der Waals surface area contributed by atoms with Crippen LogP contribution in [0.4, 0.5) is 0 Å². The van der Waals surface area contributed by atoms with Gasteiger partial charge in [-0.2, -0.15) is 4.99 Å². The van der Waals surface area contributed by atoms with Crippen LogP contribution in [0.25, 0.3) is 0 Å². The highest BCUT2D eigenvalue weighted by molar-refractivity contribution is 6.12. The second-order valence-corrected chi connectivity index (χ2v) is 6.60. The van der Waals surface area contributed by atoms with Crippen molar-refractivity contribution in [1.29, 1.82) is 0 Å². The van der Waals surface area contributed by atoms with E-state index in [0.29, 0.717) is 5.56 Å². The van der Waals surface area contributed by atoms with Crippen LogP contribution in [0.1, 0.15) is 10.4 Å². The van der Waals surface area contributed by atoms with E-state index in [4.69, 9.17) is 10.5 Å². The number of nitrogens with two attached hydrogens (primary N) is 1. The van der Waals surface area contributed by atoms with Crippen molar-refractivity contribution >= 4 is 24.0 Å². The summed E-state index contributed by atoms with van der Waals surface area (Å²) in [5.41, 5.74) is 6.26. The molecule has 6 N–H and O–H groups in total. The molecule has 0 bridgehead atoms. The van der Waals surface area contributed by atoms with Crippen LogP contribution < -0.4 is 11.1 Å². The van der Waals surface area contributed by atoms with Gasteiger partial charge < -0.3 is 36.0 Å². The largest absolute Gasteiger partial charge is 0.394 e. The maximum absolute atomic E-state index is 12.5. The molecule has 0 radical (unpaired) electrons. The summed E-state index contributed by atoms with van der Waals surface area (Å²) < 4.78 is 5.54. The number of hydrogen-bond acceptors (Lipinski definition) is 10. The Morgan fingerprint density at radius 2 is 2.00 bits per heavy atom. The maximum Gasteiger partial charge on any atom is 0.256 e. The second-order valence-electron chi connectivity index (χ2n) is 6.60. The lowest BCUT2D eigenvalue weighted by molar-refractivity contribution is -0.0779. The van der Waals surface area contributed by atoms with Crippen molar-refractivity contribution in [2.45, 2.75) is 36.7 Å². The van der Waals surface area contributed by atoms with E-state index in [2.05, 4.69) is 20.3 Å². The van der Waals surface area contributed by atoms with E-state index >= 15 is 0 Å². The van der Waals surface area contributed by atoms with Gasteiger partial charge in [0.2, 0.25) is 5.96 Å². The zero-order chi connectivity index (χ0) is 19.8. The molecular weight excluding hydrogens is 368 g/mol. The molecule has 4 rings (SSSR count). The first-order valence-electron chi connectivity index (χ1n) is 8.71. The Morgan fingerprint density at radius 1 is 1.25 bits per heavy atom. The standard InChI is InChI=1S/C17H20N6O5/c18-17-21-13(20-15(27)8-4-2-1-3-5-8)10-14(22-17)23(7-19-10)16-12(26)11(25)9(6-24)28-16/h1-5,7,9-12,14,16,24-26H,6H2,(H3,18,20,21,22,27)/t9-,10?,11?,12+,14?,16-/m1/s1. The van der Waals surface area contributed by atoms with Gasteiger partial charge in [0.15, 0.2) is 18.4 Å². The fraction of sp³-hybridized carbons (Fsp3) is 0.412. The number of guanidine groups is 1. The molecule has 1 fully saturated rings. The van der Waals surface area contributed by atoms with E-state index in [1.807, 2.05) is 0 Å². The third kappa shape index (κ3) is 3.14. The molecule has 0 aliphatic carbocycles. The summed E-state index contributed by atoms with van der Waals surface area (Å²) in [7, 11) is 0. The zero-order valence-electron chi connectivity index (χ0n) is 14.7. The van der Waals surface area contributed by atoms with E-state index in [0.717, 1.165) is 0 Å². The van der Waals surface area contributed by atoms with Crippen LogP contribution in [-0.4, -0.2) is 87.6 Å². The molecule has 11 heteroatoms. The van der Waals surface area contributed by atoms with Gasteiger partial charge in [-0.3, -0.25) is 9.79 Å². The van der Waals surface area contributed by atoms with Crippen LogP contribution in [0.5, 0.6) is 0 Å². The lowest BCUT2D eigenvalue weighted by atomic mass is 10.1. The predicted octanol–water partition coefficient (Wildman–Crippen LogP) is -2.38. The van der Waals surface area contributed by atoms with Crippen molar-refractivity contribution in [2.75, 3.05) is 6.61 Å². The second kappa shape index (κ2) is 7.28. The summed E-state index contributed by atoms with van der Waals surface area (Å²) in [5, 5.41) is 32.2. The van der Waals surface area contributed by atoms with Crippen LogP contribution in [-0.2, 0) is 4.74 Å².